The fourth-order valence-electron chi connectivity index (χ4n) is 0. The summed E-state index contributed by atoms with van der Waals surface area (Å²) in [6, 6.07) is 0. The quantitative estimate of drug-likeness (QED) is 0.438. The Labute approximate surface area is 36.4 Å². The molecule has 2 N–H and O–H groups in total. The molecule has 0 radical (unpaired) electrons. The van der Waals surface area contributed by atoms with Crippen LogP contribution in [0.5, 0.6) is 0 Å². The Bertz CT molecular complexity index is 86.5. The van der Waals surface area contributed by atoms with Crippen LogP contribution in [0.1, 0.15) is 0 Å². The van der Waals surface area contributed by atoms with Gasteiger partial charge in [0, 0.05) is 0 Å². The first-order valence-corrected chi connectivity index (χ1v) is 3.69. The number of rotatable bonds is 0. The molecule has 3 nitrogen and oxygen atoms in total. The second kappa shape index (κ2) is 0.776. The van der Waals surface area contributed by atoms with Crippen molar-refractivity contribution in [1.82, 2.24) is 0 Å². The van der Waals surface area contributed by atoms with Gasteiger partial charge in [-0.1, -0.05) is 0 Å². The Morgan fingerprint density at radius 2 is 1.67 bits per heavy atom. The minimum Gasteiger partial charge on any atom is -0.277 e. The topological polar surface area (TPSA) is 57.5 Å². The molecule has 0 heterocycles. The standard InChI is InChI=1S/C2H6O3S/c1-6(2,3,4)5/h1H2,2H3,(H-,3,4,5)/p+1. The van der Waals surface area contributed by atoms with Gasteiger partial charge in [-0.2, -0.15) is 4.21 Å². The average molecular weight is 111 g/mol. The highest BCUT2D eigenvalue weighted by Crippen LogP contribution is 2.03. The SMILES string of the molecule is [CH2+]S(C)(=O)(O)O. The number of hydrogen-bond acceptors (Lipinski definition) is 1. The van der Waals surface area contributed by atoms with Gasteiger partial charge in [-0.05, 0) is 0 Å². The predicted octanol–water partition coefficient (Wildman–Crippen LogP) is 0.174. The third-order valence-electron chi connectivity index (χ3n) is 0. The van der Waals surface area contributed by atoms with Crippen LogP contribution in [0.4, 0.5) is 0 Å². The summed E-state index contributed by atoms with van der Waals surface area (Å²) in [6.07, 6.45) is 3.33. The molecule has 0 saturated carbocycles. The molecule has 38 valence electrons. The third kappa shape index (κ3) is 9460. The van der Waals surface area contributed by atoms with Crippen LogP contribution in [0.25, 0.3) is 0 Å². The Hall–Kier alpha value is -0.0600. The second-order valence-corrected chi connectivity index (χ2v) is 4.28. The lowest BCUT2D eigenvalue weighted by atomic mass is 11.9. The predicted molar refractivity (Wildman–Crippen MR) is 24.7 cm³/mol. The molecule has 0 spiro atoms. The second-order valence-electron chi connectivity index (χ2n) is 1.43. The van der Waals surface area contributed by atoms with E-state index in [4.69, 9.17) is 9.11 Å². The Kier molecular flexibility index (Phi) is 0.768. The van der Waals surface area contributed by atoms with E-state index >= 15 is 0 Å². The van der Waals surface area contributed by atoms with Gasteiger partial charge in [0.2, 0.25) is 9.63 Å². The van der Waals surface area contributed by atoms with Crippen molar-refractivity contribution in [3.63, 3.8) is 0 Å². The molecule has 0 aromatic rings. The molecule has 0 amide bonds. The van der Waals surface area contributed by atoms with Gasteiger partial charge in [-0.15, -0.1) is 0 Å². The van der Waals surface area contributed by atoms with E-state index in [0.717, 1.165) is 6.26 Å². The van der Waals surface area contributed by atoms with Gasteiger partial charge in [-0.25, -0.2) is 0 Å². The van der Waals surface area contributed by atoms with E-state index in [9.17, 15) is 4.21 Å². The van der Waals surface area contributed by atoms with Crippen molar-refractivity contribution in [3.8, 4) is 0 Å². The summed E-state index contributed by atoms with van der Waals surface area (Å²) in [5.74, 6) is 0. The molecule has 0 saturated heterocycles. The zero-order chi connectivity index (χ0) is 5.45. The van der Waals surface area contributed by atoms with Crippen LogP contribution in [0.3, 0.4) is 0 Å². The van der Waals surface area contributed by atoms with Gasteiger partial charge in [-0.3, -0.25) is 9.11 Å². The summed E-state index contributed by atoms with van der Waals surface area (Å²) in [5.41, 5.74) is 0. The van der Waals surface area contributed by atoms with Crippen LogP contribution in [0.15, 0.2) is 0 Å². The zero-order valence-electron chi connectivity index (χ0n) is 3.42. The van der Waals surface area contributed by atoms with Gasteiger partial charge in [0.05, 0.1) is 6.26 Å². The first kappa shape index (κ1) is 5.94. The molecular formula is C2H7O3S+. The maximum atomic E-state index is 9.79. The van der Waals surface area contributed by atoms with Gasteiger partial charge < -0.3 is 0 Å². The molecule has 0 unspecified atom stereocenters. The highest BCUT2D eigenvalue weighted by atomic mass is 32.3. The zero-order valence-corrected chi connectivity index (χ0v) is 4.23. The van der Waals surface area contributed by atoms with E-state index in [-0.39, 0.29) is 0 Å². The first-order valence-electron chi connectivity index (χ1n) is 1.23. The van der Waals surface area contributed by atoms with Crippen molar-refractivity contribution < 1.29 is 13.3 Å². The van der Waals surface area contributed by atoms with Crippen LogP contribution in [-0.2, 0) is 9.63 Å². The van der Waals surface area contributed by atoms with Crippen molar-refractivity contribution in [1.29, 1.82) is 0 Å². The van der Waals surface area contributed by atoms with Crippen molar-refractivity contribution >= 4 is 9.63 Å². The van der Waals surface area contributed by atoms with E-state index in [1.54, 1.807) is 0 Å². The molecule has 0 aromatic heterocycles. The molecule has 0 fully saturated rings. The molecule has 0 atom stereocenters. The van der Waals surface area contributed by atoms with E-state index in [2.05, 4.69) is 6.26 Å². The molecular weight excluding hydrogens is 104 g/mol. The summed E-state index contributed by atoms with van der Waals surface area (Å²) >= 11 is 0. The molecule has 0 aliphatic carbocycles. The normalized spacial score (nSPS) is 18.8. The summed E-state index contributed by atoms with van der Waals surface area (Å²) in [5, 5.41) is 0. The van der Waals surface area contributed by atoms with Crippen molar-refractivity contribution in [2.24, 2.45) is 0 Å². The first-order chi connectivity index (χ1) is 2.24. The van der Waals surface area contributed by atoms with E-state index < -0.39 is 9.63 Å². The lowest BCUT2D eigenvalue weighted by Gasteiger charge is -2.08. The van der Waals surface area contributed by atoms with E-state index in [0.29, 0.717) is 0 Å². The highest BCUT2D eigenvalue weighted by Gasteiger charge is 2.19. The smallest absolute Gasteiger partial charge is 0.203 e. The molecule has 0 aliphatic rings. The molecule has 4 heteroatoms. The van der Waals surface area contributed by atoms with E-state index in [1.165, 1.54) is 0 Å². The maximum Gasteiger partial charge on any atom is 0.203 e. The van der Waals surface area contributed by atoms with Gasteiger partial charge in [0.1, 0.15) is 0 Å². The fraction of sp³-hybridized carbons (Fsp3) is 0.500. The Balaban J connectivity index is 4.16. The molecule has 0 aromatic carbocycles. The largest absolute Gasteiger partial charge is 0.277 e. The monoisotopic (exact) mass is 111 g/mol. The van der Waals surface area contributed by atoms with Crippen LogP contribution in [0, 0.1) is 6.26 Å². The summed E-state index contributed by atoms with van der Waals surface area (Å²) in [7, 11) is -4.35. The van der Waals surface area contributed by atoms with Gasteiger partial charge in [0.15, 0.2) is 6.26 Å². The number of hydrogen-bond donors (Lipinski definition) is 2. The Morgan fingerprint density at radius 3 is 1.67 bits per heavy atom. The van der Waals surface area contributed by atoms with Gasteiger partial charge >= 0.3 is 0 Å². The molecule has 0 aliphatic heterocycles. The van der Waals surface area contributed by atoms with Crippen LogP contribution in [0.2, 0.25) is 0 Å². The van der Waals surface area contributed by atoms with E-state index in [1.807, 2.05) is 0 Å². The fourth-order valence-corrected chi connectivity index (χ4v) is 0. The highest BCUT2D eigenvalue weighted by molar-refractivity contribution is 8.10. The van der Waals surface area contributed by atoms with Crippen LogP contribution in [-0.4, -0.2) is 19.6 Å². The van der Waals surface area contributed by atoms with Crippen molar-refractivity contribution in [2.45, 2.75) is 0 Å². The summed E-state index contributed by atoms with van der Waals surface area (Å²) in [4.78, 5) is 0. The van der Waals surface area contributed by atoms with Crippen molar-refractivity contribution in [3.05, 3.63) is 6.26 Å². The maximum absolute atomic E-state index is 9.79. The molecule has 0 bridgehead atoms. The molecule has 6 heavy (non-hydrogen) atoms. The Morgan fingerprint density at radius 1 is 1.67 bits per heavy atom. The minimum absolute atomic E-state index is 0.761. The minimum atomic E-state index is -4.35. The third-order valence-corrected chi connectivity index (χ3v) is 0. The van der Waals surface area contributed by atoms with Crippen LogP contribution < -0.4 is 0 Å². The van der Waals surface area contributed by atoms with Crippen LogP contribution >= 0.6 is 0 Å². The lowest BCUT2D eigenvalue weighted by molar-refractivity contribution is 0.411. The lowest BCUT2D eigenvalue weighted by Crippen LogP contribution is -2.22. The average Bonchev–Trinajstić information content (AvgIpc) is 0.650. The summed E-state index contributed by atoms with van der Waals surface area (Å²) in [6.45, 7) is 0. The van der Waals surface area contributed by atoms with Crippen molar-refractivity contribution in [2.75, 3.05) is 6.26 Å². The summed E-state index contributed by atoms with van der Waals surface area (Å²) < 4.78 is 25.8. The molecule has 0 rings (SSSR count). The van der Waals surface area contributed by atoms with Gasteiger partial charge in [0.25, 0.3) is 0 Å².